The van der Waals surface area contributed by atoms with Crippen LogP contribution in [0.1, 0.15) is 40.2 Å². The van der Waals surface area contributed by atoms with Gasteiger partial charge in [-0.1, -0.05) is 56.3 Å². The highest BCUT2D eigenvalue weighted by molar-refractivity contribution is 5.85. The van der Waals surface area contributed by atoms with E-state index >= 15 is 0 Å². The molecule has 25 heavy (non-hydrogen) atoms. The average molecular weight is 342 g/mol. The zero-order valence-corrected chi connectivity index (χ0v) is 15.9. The Morgan fingerprint density at radius 3 is 2.44 bits per heavy atom. The maximum Gasteiger partial charge on any atom is 0.407 e. The molecule has 0 fully saturated rings. The lowest BCUT2D eigenvalue weighted by molar-refractivity contribution is 0.0519. The molecule has 1 amide bonds. The van der Waals surface area contributed by atoms with E-state index in [2.05, 4.69) is 66.9 Å². The van der Waals surface area contributed by atoms with Crippen LogP contribution in [-0.4, -0.2) is 24.3 Å². The first-order valence-electron chi connectivity index (χ1n) is 8.93. The van der Waals surface area contributed by atoms with Crippen LogP contribution in [0.2, 0.25) is 0 Å². The molecule has 0 radical (unpaired) electrons. The van der Waals surface area contributed by atoms with Crippen LogP contribution in [0.25, 0.3) is 10.8 Å². The van der Waals surface area contributed by atoms with Crippen molar-refractivity contribution in [3.05, 3.63) is 48.0 Å². The molecule has 2 N–H and O–H groups in total. The van der Waals surface area contributed by atoms with Crippen LogP contribution in [-0.2, 0) is 11.3 Å². The quantitative estimate of drug-likeness (QED) is 0.814. The summed E-state index contributed by atoms with van der Waals surface area (Å²) in [4.78, 5) is 11.9. The molecule has 136 valence electrons. The lowest BCUT2D eigenvalue weighted by Gasteiger charge is -2.25. The number of ether oxygens (including phenoxy) is 1. The highest BCUT2D eigenvalue weighted by Crippen LogP contribution is 2.18. The smallest absolute Gasteiger partial charge is 0.407 e. The van der Waals surface area contributed by atoms with Crippen molar-refractivity contribution in [1.29, 1.82) is 0 Å². The van der Waals surface area contributed by atoms with Gasteiger partial charge in [-0.15, -0.1) is 0 Å². The molecule has 4 nitrogen and oxygen atoms in total. The van der Waals surface area contributed by atoms with E-state index in [1.165, 1.54) is 16.3 Å². The number of nitrogens with one attached hydrogen (secondary N) is 2. The minimum atomic E-state index is -0.478. The molecule has 2 aromatic carbocycles. The molecule has 4 heteroatoms. The Bertz CT molecular complexity index is 699. The van der Waals surface area contributed by atoms with Crippen molar-refractivity contribution < 1.29 is 9.53 Å². The van der Waals surface area contributed by atoms with Gasteiger partial charge in [0.25, 0.3) is 0 Å². The summed E-state index contributed by atoms with van der Waals surface area (Å²) in [5.74, 6) is 0.393. The molecule has 0 saturated heterocycles. The number of hydrogen-bond acceptors (Lipinski definition) is 3. The van der Waals surface area contributed by atoms with Crippen LogP contribution in [0.5, 0.6) is 0 Å². The highest BCUT2D eigenvalue weighted by Gasteiger charge is 2.19. The van der Waals surface area contributed by atoms with Gasteiger partial charge in [-0.3, -0.25) is 0 Å². The molecule has 0 aliphatic carbocycles. The number of carbonyl (C=O) groups is 1. The third-order valence-electron chi connectivity index (χ3n) is 4.10. The Balaban J connectivity index is 1.96. The van der Waals surface area contributed by atoms with Crippen molar-refractivity contribution >= 4 is 16.9 Å². The maximum atomic E-state index is 11.9. The minimum Gasteiger partial charge on any atom is -0.444 e. The normalized spacial score (nSPS) is 13.0. The largest absolute Gasteiger partial charge is 0.444 e. The first kappa shape index (κ1) is 19.3. The first-order valence-corrected chi connectivity index (χ1v) is 8.93. The summed E-state index contributed by atoms with van der Waals surface area (Å²) < 4.78 is 5.31. The fourth-order valence-electron chi connectivity index (χ4n) is 2.74. The Morgan fingerprint density at radius 1 is 1.08 bits per heavy atom. The molecule has 2 rings (SSSR count). The summed E-state index contributed by atoms with van der Waals surface area (Å²) in [5.41, 5.74) is 0.786. The molecule has 1 unspecified atom stereocenters. The van der Waals surface area contributed by atoms with E-state index < -0.39 is 5.60 Å². The summed E-state index contributed by atoms with van der Waals surface area (Å²) in [6.45, 7) is 11.2. The zero-order chi connectivity index (χ0) is 18.4. The molecule has 0 aromatic heterocycles. The van der Waals surface area contributed by atoms with Gasteiger partial charge in [0.05, 0.1) is 0 Å². The molecule has 1 atom stereocenters. The van der Waals surface area contributed by atoms with Gasteiger partial charge < -0.3 is 15.4 Å². The number of benzene rings is 2. The van der Waals surface area contributed by atoms with E-state index in [0.717, 1.165) is 6.54 Å². The lowest BCUT2D eigenvalue weighted by Crippen LogP contribution is -2.45. The van der Waals surface area contributed by atoms with Gasteiger partial charge >= 0.3 is 6.09 Å². The summed E-state index contributed by atoms with van der Waals surface area (Å²) in [5, 5.41) is 8.96. The Labute approximate surface area is 151 Å². The van der Waals surface area contributed by atoms with Gasteiger partial charge in [-0.25, -0.2) is 4.79 Å². The number of hydrogen-bond donors (Lipinski definition) is 2. The van der Waals surface area contributed by atoms with E-state index in [-0.39, 0.29) is 12.1 Å². The van der Waals surface area contributed by atoms with Crippen molar-refractivity contribution in [3.63, 3.8) is 0 Å². The van der Waals surface area contributed by atoms with Gasteiger partial charge in [0.1, 0.15) is 5.60 Å². The summed E-state index contributed by atoms with van der Waals surface area (Å²) >= 11 is 0. The van der Waals surface area contributed by atoms with Crippen molar-refractivity contribution in [2.45, 2.75) is 52.8 Å². The van der Waals surface area contributed by atoms with Crippen molar-refractivity contribution in [2.24, 2.45) is 5.92 Å². The molecular formula is C21H30N2O2. The number of carbonyl (C=O) groups excluding carboxylic acids is 1. The molecule has 2 aromatic rings. The Morgan fingerprint density at radius 2 is 1.76 bits per heavy atom. The standard InChI is InChI=1S/C21H30N2O2/c1-15(2)19(14-23-20(24)25-21(3,4)5)22-13-17-11-8-10-16-9-6-7-12-18(16)17/h6-12,15,19,22H,13-14H2,1-5H3,(H,23,24). The summed E-state index contributed by atoms with van der Waals surface area (Å²) in [6, 6.07) is 14.9. The fraction of sp³-hybridized carbons (Fsp3) is 0.476. The van der Waals surface area contributed by atoms with Gasteiger partial charge in [0, 0.05) is 19.1 Å². The zero-order valence-electron chi connectivity index (χ0n) is 15.9. The summed E-state index contributed by atoms with van der Waals surface area (Å²) in [7, 11) is 0. The van der Waals surface area contributed by atoms with Crippen molar-refractivity contribution in [2.75, 3.05) is 6.54 Å². The third-order valence-corrected chi connectivity index (χ3v) is 4.10. The molecule has 0 heterocycles. The molecular weight excluding hydrogens is 312 g/mol. The Kier molecular flexibility index (Phi) is 6.43. The number of alkyl carbamates (subject to hydrolysis) is 1. The van der Waals surface area contributed by atoms with Crippen LogP contribution in [0.15, 0.2) is 42.5 Å². The second-order valence-electron chi connectivity index (χ2n) is 7.75. The van der Waals surface area contributed by atoms with Crippen LogP contribution in [0.3, 0.4) is 0 Å². The van der Waals surface area contributed by atoms with Crippen molar-refractivity contribution in [1.82, 2.24) is 10.6 Å². The van der Waals surface area contributed by atoms with Crippen LogP contribution in [0, 0.1) is 5.92 Å². The first-order chi connectivity index (χ1) is 11.8. The van der Waals surface area contributed by atoms with E-state index in [0.29, 0.717) is 12.5 Å². The van der Waals surface area contributed by atoms with Crippen LogP contribution >= 0.6 is 0 Å². The molecule has 0 aliphatic rings. The minimum absolute atomic E-state index is 0.173. The molecule has 0 spiro atoms. The summed E-state index contributed by atoms with van der Waals surface area (Å²) in [6.07, 6.45) is -0.370. The lowest BCUT2D eigenvalue weighted by atomic mass is 10.0. The Hall–Kier alpha value is -2.07. The maximum absolute atomic E-state index is 11.9. The fourth-order valence-corrected chi connectivity index (χ4v) is 2.74. The predicted octanol–water partition coefficient (Wildman–Crippen LogP) is 4.48. The van der Waals surface area contributed by atoms with Gasteiger partial charge in [0.15, 0.2) is 0 Å². The molecule has 0 aliphatic heterocycles. The third kappa shape index (κ3) is 6.05. The number of amides is 1. The van der Waals surface area contributed by atoms with Crippen LogP contribution < -0.4 is 10.6 Å². The predicted molar refractivity (Wildman–Crippen MR) is 104 cm³/mol. The highest BCUT2D eigenvalue weighted by atomic mass is 16.6. The number of rotatable bonds is 6. The SMILES string of the molecule is CC(C)C(CNC(=O)OC(C)(C)C)NCc1cccc2ccccc12. The molecule has 0 bridgehead atoms. The average Bonchev–Trinajstić information content (AvgIpc) is 2.53. The van der Waals surface area contributed by atoms with Crippen LogP contribution in [0.4, 0.5) is 4.79 Å². The topological polar surface area (TPSA) is 50.4 Å². The van der Waals surface area contributed by atoms with E-state index in [4.69, 9.17) is 4.74 Å². The second kappa shape index (κ2) is 8.34. The molecule has 0 saturated carbocycles. The van der Waals surface area contributed by atoms with Gasteiger partial charge in [-0.2, -0.15) is 0 Å². The monoisotopic (exact) mass is 342 g/mol. The van der Waals surface area contributed by atoms with E-state index in [9.17, 15) is 4.79 Å². The van der Waals surface area contributed by atoms with E-state index in [1.54, 1.807) is 0 Å². The van der Waals surface area contributed by atoms with Gasteiger partial charge in [0.2, 0.25) is 0 Å². The van der Waals surface area contributed by atoms with E-state index in [1.807, 2.05) is 20.8 Å². The second-order valence-corrected chi connectivity index (χ2v) is 7.75. The number of fused-ring (bicyclic) bond motifs is 1. The van der Waals surface area contributed by atoms with Gasteiger partial charge in [-0.05, 0) is 43.0 Å². The van der Waals surface area contributed by atoms with Crippen molar-refractivity contribution in [3.8, 4) is 0 Å².